The molecule has 0 saturated carbocycles. The molecule has 1 N–H and O–H groups in total. The Labute approximate surface area is 216 Å². The minimum absolute atomic E-state index is 0.0330. The van der Waals surface area contributed by atoms with Crippen LogP contribution in [0.3, 0.4) is 0 Å². The monoisotopic (exact) mass is 527 g/mol. The Morgan fingerprint density at radius 3 is 2.16 bits per heavy atom. The summed E-state index contributed by atoms with van der Waals surface area (Å²) < 4.78 is 48.0. The molecule has 0 unspecified atom stereocenters. The van der Waals surface area contributed by atoms with Crippen molar-refractivity contribution < 1.29 is 27.1 Å². The number of nitrogens with one attached hydrogen (secondary N) is 1. The topological polar surface area (TPSA) is 96.0 Å². The molecular formula is C27H30FN3O5S. The summed E-state index contributed by atoms with van der Waals surface area (Å²) in [5.74, 6) is -1.23. The van der Waals surface area contributed by atoms with E-state index in [0.717, 1.165) is 10.4 Å². The number of nitrogens with zero attached hydrogens (tertiary/aromatic N) is 2. The first-order chi connectivity index (χ1) is 17.7. The van der Waals surface area contributed by atoms with Crippen LogP contribution in [0.2, 0.25) is 0 Å². The number of hydrogen-bond acceptors (Lipinski definition) is 5. The Morgan fingerprint density at radius 2 is 1.59 bits per heavy atom. The molecule has 8 nitrogen and oxygen atoms in total. The van der Waals surface area contributed by atoms with Gasteiger partial charge in [-0.15, -0.1) is 0 Å². The quantitative estimate of drug-likeness (QED) is 0.411. The van der Waals surface area contributed by atoms with Crippen molar-refractivity contribution in [1.82, 2.24) is 10.2 Å². The number of rotatable bonds is 11. The van der Waals surface area contributed by atoms with Gasteiger partial charge in [0.05, 0.1) is 17.7 Å². The molecule has 0 spiro atoms. The molecule has 1 atom stereocenters. The molecule has 0 aromatic heterocycles. The lowest BCUT2D eigenvalue weighted by molar-refractivity contribution is -0.140. The lowest BCUT2D eigenvalue weighted by Crippen LogP contribution is -2.51. The SMILES string of the molecule is CC[C@@H](C(=O)NC)N(Cc1ccc(OC)cc1)C(=O)CN(c1ccccc1F)S(=O)(=O)c1ccccc1. The van der Waals surface area contributed by atoms with Crippen molar-refractivity contribution in [3.63, 3.8) is 0 Å². The van der Waals surface area contributed by atoms with Gasteiger partial charge in [-0.1, -0.05) is 49.4 Å². The normalized spacial score (nSPS) is 11.9. The van der Waals surface area contributed by atoms with Gasteiger partial charge < -0.3 is 15.0 Å². The Hall–Kier alpha value is -3.92. The number of likely N-dealkylation sites (N-methyl/N-ethyl adjacent to an activating group) is 1. The second-order valence-electron chi connectivity index (χ2n) is 8.18. The number of carbonyl (C=O) groups is 2. The van der Waals surface area contributed by atoms with Crippen LogP contribution in [0.25, 0.3) is 0 Å². The fourth-order valence-electron chi connectivity index (χ4n) is 3.90. The number of ether oxygens (including phenoxy) is 1. The molecule has 2 amide bonds. The van der Waals surface area contributed by atoms with Crippen LogP contribution in [0.15, 0.2) is 83.8 Å². The molecule has 0 aliphatic heterocycles. The van der Waals surface area contributed by atoms with Crippen molar-refractivity contribution in [1.29, 1.82) is 0 Å². The Morgan fingerprint density at radius 1 is 0.973 bits per heavy atom. The van der Waals surface area contributed by atoms with E-state index in [2.05, 4.69) is 5.32 Å². The van der Waals surface area contributed by atoms with Gasteiger partial charge in [-0.3, -0.25) is 13.9 Å². The van der Waals surface area contributed by atoms with Crippen LogP contribution < -0.4 is 14.4 Å². The molecule has 0 heterocycles. The van der Waals surface area contributed by atoms with Gasteiger partial charge in [0.1, 0.15) is 24.2 Å². The van der Waals surface area contributed by atoms with Crippen LogP contribution in [0.1, 0.15) is 18.9 Å². The van der Waals surface area contributed by atoms with Gasteiger partial charge in [0.2, 0.25) is 11.8 Å². The molecule has 3 rings (SSSR count). The van der Waals surface area contributed by atoms with Crippen molar-refractivity contribution in [2.24, 2.45) is 0 Å². The summed E-state index contributed by atoms with van der Waals surface area (Å²) >= 11 is 0. The van der Waals surface area contributed by atoms with Crippen molar-refractivity contribution in [2.75, 3.05) is 25.0 Å². The Bertz CT molecular complexity index is 1320. The van der Waals surface area contributed by atoms with Crippen molar-refractivity contribution in [2.45, 2.75) is 30.8 Å². The average Bonchev–Trinajstić information content (AvgIpc) is 2.92. The number of para-hydroxylation sites is 1. The van der Waals surface area contributed by atoms with E-state index in [1.807, 2.05) is 0 Å². The van der Waals surface area contributed by atoms with Gasteiger partial charge in [-0.2, -0.15) is 0 Å². The van der Waals surface area contributed by atoms with Crippen LogP contribution in [-0.2, 0) is 26.2 Å². The minimum Gasteiger partial charge on any atom is -0.497 e. The molecule has 0 aliphatic rings. The van der Waals surface area contributed by atoms with Crippen LogP contribution in [-0.4, -0.2) is 51.9 Å². The van der Waals surface area contributed by atoms with E-state index < -0.39 is 40.2 Å². The molecule has 10 heteroatoms. The number of anilines is 1. The van der Waals surface area contributed by atoms with Crippen LogP contribution >= 0.6 is 0 Å². The molecule has 196 valence electrons. The van der Waals surface area contributed by atoms with E-state index in [1.165, 1.54) is 49.4 Å². The summed E-state index contributed by atoms with van der Waals surface area (Å²) in [6, 6.07) is 18.9. The van der Waals surface area contributed by atoms with Crippen LogP contribution in [0, 0.1) is 5.82 Å². The zero-order valence-corrected chi connectivity index (χ0v) is 21.7. The lowest BCUT2D eigenvalue weighted by atomic mass is 10.1. The van der Waals surface area contributed by atoms with Gasteiger partial charge in [0, 0.05) is 13.6 Å². The number of benzene rings is 3. The maximum absolute atomic E-state index is 14.9. The zero-order chi connectivity index (χ0) is 27.0. The third-order valence-corrected chi connectivity index (χ3v) is 7.65. The highest BCUT2D eigenvalue weighted by Gasteiger charge is 2.34. The van der Waals surface area contributed by atoms with E-state index in [-0.39, 0.29) is 23.5 Å². The predicted molar refractivity (Wildman–Crippen MR) is 139 cm³/mol. The fourth-order valence-corrected chi connectivity index (χ4v) is 5.34. The summed E-state index contributed by atoms with van der Waals surface area (Å²) in [5, 5.41) is 2.56. The molecule has 0 bridgehead atoms. The van der Waals surface area contributed by atoms with Crippen LogP contribution in [0.5, 0.6) is 5.75 Å². The third kappa shape index (κ3) is 6.45. The van der Waals surface area contributed by atoms with Gasteiger partial charge in [-0.05, 0) is 48.4 Å². The number of sulfonamides is 1. The predicted octanol–water partition coefficient (Wildman–Crippen LogP) is 3.58. The van der Waals surface area contributed by atoms with Gasteiger partial charge in [0.25, 0.3) is 10.0 Å². The number of halogens is 1. The van der Waals surface area contributed by atoms with Crippen LogP contribution in [0.4, 0.5) is 10.1 Å². The van der Waals surface area contributed by atoms with Gasteiger partial charge in [-0.25, -0.2) is 12.8 Å². The summed E-state index contributed by atoms with van der Waals surface area (Å²) in [7, 11) is -1.32. The van der Waals surface area contributed by atoms with E-state index in [0.29, 0.717) is 11.3 Å². The van der Waals surface area contributed by atoms with Crippen molar-refractivity contribution >= 4 is 27.5 Å². The molecular weight excluding hydrogens is 497 g/mol. The Kier molecular flexibility index (Phi) is 9.24. The van der Waals surface area contributed by atoms with Crippen molar-refractivity contribution in [3.05, 3.63) is 90.2 Å². The highest BCUT2D eigenvalue weighted by atomic mass is 32.2. The second-order valence-corrected chi connectivity index (χ2v) is 10.0. The van der Waals surface area contributed by atoms with E-state index >= 15 is 0 Å². The fraction of sp³-hybridized carbons (Fsp3) is 0.259. The summed E-state index contributed by atoms with van der Waals surface area (Å²) in [5.41, 5.74) is 0.442. The number of hydrogen-bond donors (Lipinski definition) is 1. The van der Waals surface area contributed by atoms with Gasteiger partial charge >= 0.3 is 0 Å². The standard InChI is InChI=1S/C27H30FN3O5S/c1-4-24(27(33)29-2)30(18-20-14-16-21(36-3)17-15-20)26(32)19-31(25-13-9-8-12-23(25)28)37(34,35)22-10-6-5-7-11-22/h5-17,24H,4,18-19H2,1-3H3,(H,29,33)/t24-/m0/s1. The number of carbonyl (C=O) groups excluding carboxylic acids is 2. The molecule has 0 fully saturated rings. The molecule has 0 radical (unpaired) electrons. The molecule has 3 aromatic carbocycles. The van der Waals surface area contributed by atoms with Gasteiger partial charge in [0.15, 0.2) is 0 Å². The first-order valence-corrected chi connectivity index (χ1v) is 13.1. The van der Waals surface area contributed by atoms with Crippen molar-refractivity contribution in [3.8, 4) is 5.75 Å². The van der Waals surface area contributed by atoms with E-state index in [4.69, 9.17) is 4.74 Å². The summed E-state index contributed by atoms with van der Waals surface area (Å²) in [6.07, 6.45) is 0.284. The third-order valence-electron chi connectivity index (χ3n) is 5.88. The smallest absolute Gasteiger partial charge is 0.264 e. The molecule has 37 heavy (non-hydrogen) atoms. The largest absolute Gasteiger partial charge is 0.497 e. The summed E-state index contributed by atoms with van der Waals surface area (Å²) in [4.78, 5) is 27.7. The molecule has 0 saturated heterocycles. The lowest BCUT2D eigenvalue weighted by Gasteiger charge is -2.33. The summed E-state index contributed by atoms with van der Waals surface area (Å²) in [6.45, 7) is 1.08. The first-order valence-electron chi connectivity index (χ1n) is 11.7. The second kappa shape index (κ2) is 12.4. The molecule has 0 aliphatic carbocycles. The Balaban J connectivity index is 2.05. The average molecular weight is 528 g/mol. The number of methoxy groups -OCH3 is 1. The number of amides is 2. The molecule has 3 aromatic rings. The highest BCUT2D eigenvalue weighted by Crippen LogP contribution is 2.27. The minimum atomic E-state index is -4.32. The van der Waals surface area contributed by atoms with E-state index in [1.54, 1.807) is 49.4 Å². The zero-order valence-electron chi connectivity index (χ0n) is 20.9. The first kappa shape index (κ1) is 27.7. The maximum atomic E-state index is 14.9. The highest BCUT2D eigenvalue weighted by molar-refractivity contribution is 7.92. The van der Waals surface area contributed by atoms with E-state index in [9.17, 15) is 22.4 Å². The maximum Gasteiger partial charge on any atom is 0.264 e.